The summed E-state index contributed by atoms with van der Waals surface area (Å²) < 4.78 is 0. The van der Waals surface area contributed by atoms with Crippen molar-refractivity contribution in [3.8, 4) is 0 Å². The van der Waals surface area contributed by atoms with Crippen LogP contribution in [0.2, 0.25) is 0 Å². The molecule has 3 heteroatoms. The molecule has 0 aliphatic carbocycles. The fraction of sp³-hybridized carbons (Fsp3) is 0.750. The zero-order chi connectivity index (χ0) is 9.07. The Labute approximate surface area is 74.4 Å². The highest BCUT2D eigenvalue weighted by Crippen LogP contribution is 2.19. The predicted octanol–water partition coefficient (Wildman–Crippen LogP) is 1.38. The van der Waals surface area contributed by atoms with Crippen molar-refractivity contribution in [1.82, 2.24) is 4.90 Å². The Hall–Kier alpha value is -0.0200. The predicted molar refractivity (Wildman–Crippen MR) is 50.7 cm³/mol. The van der Waals surface area contributed by atoms with Crippen molar-refractivity contribution in [1.29, 1.82) is 0 Å². The highest BCUT2D eigenvalue weighted by atomic mass is 32.1. The highest BCUT2D eigenvalue weighted by molar-refractivity contribution is 7.82. The SMILES string of the molecule is [CH2]C(S)(C(=O)CCC)N(C)C. The lowest BCUT2D eigenvalue weighted by molar-refractivity contribution is -0.123. The monoisotopic (exact) mass is 174 g/mol. The molecule has 0 heterocycles. The third kappa shape index (κ3) is 2.83. The van der Waals surface area contributed by atoms with Gasteiger partial charge in [-0.1, -0.05) is 6.92 Å². The Morgan fingerprint density at radius 3 is 2.36 bits per heavy atom. The number of hydrogen-bond acceptors (Lipinski definition) is 3. The van der Waals surface area contributed by atoms with E-state index in [0.717, 1.165) is 6.42 Å². The molecule has 0 aromatic heterocycles. The van der Waals surface area contributed by atoms with E-state index in [1.54, 1.807) is 19.0 Å². The summed E-state index contributed by atoms with van der Waals surface area (Å²) in [5.74, 6) is 0.0772. The Bertz CT molecular complexity index is 143. The Morgan fingerprint density at radius 2 is 2.09 bits per heavy atom. The quantitative estimate of drug-likeness (QED) is 0.513. The molecule has 0 aromatic rings. The maximum absolute atomic E-state index is 11.3. The average Bonchev–Trinajstić information content (AvgIpc) is 1.88. The summed E-state index contributed by atoms with van der Waals surface area (Å²) in [5.41, 5.74) is 0. The highest BCUT2D eigenvalue weighted by Gasteiger charge is 2.29. The smallest absolute Gasteiger partial charge is 0.163 e. The second kappa shape index (κ2) is 4.12. The van der Waals surface area contributed by atoms with E-state index in [4.69, 9.17) is 0 Å². The van der Waals surface area contributed by atoms with E-state index in [2.05, 4.69) is 19.6 Å². The van der Waals surface area contributed by atoms with Crippen LogP contribution in [-0.4, -0.2) is 29.6 Å². The molecule has 1 unspecified atom stereocenters. The molecular weight excluding hydrogens is 158 g/mol. The van der Waals surface area contributed by atoms with Crippen LogP contribution in [0.4, 0.5) is 0 Å². The number of rotatable bonds is 4. The lowest BCUT2D eigenvalue weighted by atomic mass is 10.1. The number of thiol groups is 1. The molecule has 2 nitrogen and oxygen atoms in total. The summed E-state index contributed by atoms with van der Waals surface area (Å²) in [6.45, 7) is 5.70. The number of nitrogens with zero attached hydrogens (tertiary/aromatic N) is 1. The second-order valence-corrected chi connectivity index (χ2v) is 3.62. The van der Waals surface area contributed by atoms with Crippen LogP contribution < -0.4 is 0 Å². The van der Waals surface area contributed by atoms with Crippen LogP contribution in [0.5, 0.6) is 0 Å². The van der Waals surface area contributed by atoms with Crippen molar-refractivity contribution < 1.29 is 4.79 Å². The van der Waals surface area contributed by atoms with Crippen LogP contribution in [0.1, 0.15) is 19.8 Å². The van der Waals surface area contributed by atoms with Gasteiger partial charge in [0.1, 0.15) is 4.87 Å². The van der Waals surface area contributed by atoms with Crippen molar-refractivity contribution in [2.45, 2.75) is 24.6 Å². The van der Waals surface area contributed by atoms with Crippen LogP contribution >= 0.6 is 12.6 Å². The molecule has 0 fully saturated rings. The average molecular weight is 174 g/mol. The summed E-state index contributed by atoms with van der Waals surface area (Å²) in [5, 5.41) is 0. The third-order valence-corrected chi connectivity index (χ3v) is 2.31. The number of ketones is 1. The van der Waals surface area contributed by atoms with E-state index in [1.807, 2.05) is 6.92 Å². The van der Waals surface area contributed by atoms with Crippen molar-refractivity contribution in [2.24, 2.45) is 0 Å². The van der Waals surface area contributed by atoms with Crippen molar-refractivity contribution >= 4 is 18.4 Å². The zero-order valence-electron chi connectivity index (χ0n) is 7.42. The Morgan fingerprint density at radius 1 is 1.64 bits per heavy atom. The second-order valence-electron chi connectivity index (χ2n) is 2.88. The molecule has 0 aliphatic rings. The largest absolute Gasteiger partial charge is 0.297 e. The van der Waals surface area contributed by atoms with E-state index >= 15 is 0 Å². The molecule has 0 rings (SSSR count). The van der Waals surface area contributed by atoms with E-state index in [9.17, 15) is 4.79 Å². The molecule has 0 bridgehead atoms. The molecule has 11 heavy (non-hydrogen) atoms. The number of carbonyl (C=O) groups excluding carboxylic acids is 1. The molecule has 0 spiro atoms. The van der Waals surface area contributed by atoms with E-state index in [-0.39, 0.29) is 5.78 Å². The van der Waals surface area contributed by atoms with Crippen LogP contribution in [-0.2, 0) is 4.79 Å². The first kappa shape index (κ1) is 11.0. The molecule has 0 aliphatic heterocycles. The van der Waals surface area contributed by atoms with Gasteiger partial charge in [-0.2, -0.15) is 0 Å². The summed E-state index contributed by atoms with van der Waals surface area (Å²) >= 11 is 4.18. The number of Topliss-reactive ketones (excluding diaryl/α,β-unsaturated/α-hetero) is 1. The summed E-state index contributed by atoms with van der Waals surface area (Å²) in [4.78, 5) is 12.2. The number of carbonyl (C=O) groups is 1. The molecule has 65 valence electrons. The number of hydrogen-bond donors (Lipinski definition) is 1. The minimum Gasteiger partial charge on any atom is -0.297 e. The first-order valence-corrected chi connectivity index (χ1v) is 4.16. The maximum Gasteiger partial charge on any atom is 0.163 e. The van der Waals surface area contributed by atoms with Crippen LogP contribution in [0.3, 0.4) is 0 Å². The standard InChI is InChI=1S/C8H16NOS/c1-5-6-7(10)8(2,11)9(3)4/h11H,2,5-6H2,1,3-4H3. The van der Waals surface area contributed by atoms with Crippen LogP contribution in [0, 0.1) is 6.92 Å². The minimum atomic E-state index is -0.851. The first-order valence-electron chi connectivity index (χ1n) is 3.71. The molecule has 1 atom stereocenters. The van der Waals surface area contributed by atoms with Gasteiger partial charge < -0.3 is 0 Å². The summed E-state index contributed by atoms with van der Waals surface area (Å²) in [6, 6.07) is 0. The van der Waals surface area contributed by atoms with Gasteiger partial charge in [0.05, 0.1) is 0 Å². The van der Waals surface area contributed by atoms with Gasteiger partial charge in [0.15, 0.2) is 5.78 Å². The van der Waals surface area contributed by atoms with Crippen molar-refractivity contribution in [3.63, 3.8) is 0 Å². The van der Waals surface area contributed by atoms with Gasteiger partial charge in [-0.25, -0.2) is 0 Å². The molecule has 0 aromatic carbocycles. The van der Waals surface area contributed by atoms with Gasteiger partial charge in [0.25, 0.3) is 0 Å². The lowest BCUT2D eigenvalue weighted by Crippen LogP contribution is -2.43. The van der Waals surface area contributed by atoms with Crippen molar-refractivity contribution in [3.05, 3.63) is 6.92 Å². The van der Waals surface area contributed by atoms with Crippen LogP contribution in [0.15, 0.2) is 0 Å². The van der Waals surface area contributed by atoms with E-state index in [0.29, 0.717) is 6.42 Å². The topological polar surface area (TPSA) is 20.3 Å². The molecule has 0 saturated carbocycles. The molecule has 0 saturated heterocycles. The molecular formula is C8H16NOS. The fourth-order valence-corrected chi connectivity index (χ4v) is 0.788. The summed E-state index contributed by atoms with van der Waals surface area (Å²) in [6.07, 6.45) is 1.40. The van der Waals surface area contributed by atoms with Gasteiger partial charge in [-0.05, 0) is 27.4 Å². The van der Waals surface area contributed by atoms with Gasteiger partial charge in [-0.15, -0.1) is 12.6 Å². The van der Waals surface area contributed by atoms with Gasteiger partial charge in [0.2, 0.25) is 0 Å². The van der Waals surface area contributed by atoms with E-state index in [1.165, 1.54) is 0 Å². The normalized spacial score (nSPS) is 16.5. The lowest BCUT2D eigenvalue weighted by Gasteiger charge is -2.29. The molecule has 0 amide bonds. The van der Waals surface area contributed by atoms with Gasteiger partial charge >= 0.3 is 0 Å². The molecule has 1 radical (unpaired) electrons. The number of likely N-dealkylation sites (N-methyl/N-ethyl adjacent to an activating group) is 1. The third-order valence-electron chi connectivity index (χ3n) is 1.66. The van der Waals surface area contributed by atoms with Gasteiger partial charge in [0, 0.05) is 6.42 Å². The van der Waals surface area contributed by atoms with E-state index < -0.39 is 4.87 Å². The van der Waals surface area contributed by atoms with Crippen LogP contribution in [0.25, 0.3) is 0 Å². The Kier molecular flexibility index (Phi) is 4.11. The van der Waals surface area contributed by atoms with Gasteiger partial charge in [-0.3, -0.25) is 9.69 Å². The summed E-state index contributed by atoms with van der Waals surface area (Å²) in [7, 11) is 3.60. The fourth-order valence-electron chi connectivity index (χ4n) is 0.677. The minimum absolute atomic E-state index is 0.0772. The zero-order valence-corrected chi connectivity index (χ0v) is 8.32. The molecule has 0 N–H and O–H groups in total. The maximum atomic E-state index is 11.3. The Balaban J connectivity index is 4.18. The van der Waals surface area contributed by atoms with Crippen molar-refractivity contribution in [2.75, 3.05) is 14.1 Å². The first-order chi connectivity index (χ1) is 4.92.